The maximum atomic E-state index is 13.5. The van der Waals surface area contributed by atoms with Crippen molar-refractivity contribution in [2.24, 2.45) is 12.5 Å². The number of nitrogens with one attached hydrogen (secondary N) is 1. The first-order chi connectivity index (χ1) is 14.1. The first-order valence-corrected chi connectivity index (χ1v) is 10.6. The van der Waals surface area contributed by atoms with E-state index in [9.17, 15) is 4.79 Å². The summed E-state index contributed by atoms with van der Waals surface area (Å²) in [5.41, 5.74) is 0.909. The summed E-state index contributed by atoms with van der Waals surface area (Å²) in [5, 5.41) is 3.27. The maximum Gasteiger partial charge on any atom is 0.227 e. The average molecular weight is 397 g/mol. The van der Waals surface area contributed by atoms with Crippen LogP contribution in [0, 0.1) is 5.41 Å². The number of hydrogen-bond acceptors (Lipinski definition) is 5. The van der Waals surface area contributed by atoms with Crippen molar-refractivity contribution < 1.29 is 4.79 Å². The number of hydrogen-bond donors (Lipinski definition) is 1. The summed E-state index contributed by atoms with van der Waals surface area (Å²) < 4.78 is 2.08. The second kappa shape index (κ2) is 8.63. The number of carbonyl (C=O) groups excluding carboxylic acids is 1. The Kier molecular flexibility index (Phi) is 5.96. The van der Waals surface area contributed by atoms with Gasteiger partial charge in [-0.15, -0.1) is 0 Å². The number of carbonyl (C=O) groups is 1. The highest BCUT2D eigenvalue weighted by molar-refractivity contribution is 5.84. The van der Waals surface area contributed by atoms with E-state index >= 15 is 0 Å². The second-order valence-corrected chi connectivity index (χ2v) is 8.57. The fraction of sp³-hybridized carbons (Fsp3) is 0.591. The number of aromatic nitrogens is 3. The van der Waals surface area contributed by atoms with Crippen LogP contribution in [-0.2, 0) is 24.8 Å². The van der Waals surface area contributed by atoms with E-state index in [1.165, 1.54) is 5.56 Å². The molecule has 2 aliphatic heterocycles. The summed E-state index contributed by atoms with van der Waals surface area (Å²) >= 11 is 0. The first-order valence-electron chi connectivity index (χ1n) is 10.6. The second-order valence-electron chi connectivity index (χ2n) is 8.57. The first kappa shape index (κ1) is 20.0. The lowest BCUT2D eigenvalue weighted by Crippen LogP contribution is -2.65. The van der Waals surface area contributed by atoms with Crippen molar-refractivity contribution in [1.29, 1.82) is 0 Å². The topological polar surface area (TPSA) is 66.3 Å². The molecule has 1 N–H and O–H groups in total. The van der Waals surface area contributed by atoms with Gasteiger partial charge in [0.15, 0.2) is 0 Å². The molecule has 2 atom stereocenters. The summed E-state index contributed by atoms with van der Waals surface area (Å²) in [6, 6.07) is 4.25. The lowest BCUT2D eigenvalue weighted by Gasteiger charge is -2.53. The molecule has 156 valence electrons. The molecular formula is C22H32N6O. The van der Waals surface area contributed by atoms with Gasteiger partial charge in [-0.2, -0.15) is 0 Å². The molecule has 2 saturated heterocycles. The van der Waals surface area contributed by atoms with Crippen LogP contribution < -0.4 is 5.32 Å². The van der Waals surface area contributed by atoms with E-state index in [1.54, 1.807) is 12.4 Å². The number of rotatable bonds is 6. The Bertz CT molecular complexity index is 822. The Morgan fingerprint density at radius 2 is 2.03 bits per heavy atom. The molecule has 0 unspecified atom stereocenters. The third-order valence-electron chi connectivity index (χ3n) is 6.74. The summed E-state index contributed by atoms with van der Waals surface area (Å²) in [7, 11) is 4.21. The van der Waals surface area contributed by atoms with E-state index in [0.717, 1.165) is 57.7 Å². The fourth-order valence-electron chi connectivity index (χ4n) is 4.97. The molecule has 2 fully saturated rings. The molecule has 0 radical (unpaired) electrons. The van der Waals surface area contributed by atoms with E-state index in [1.807, 2.05) is 31.6 Å². The van der Waals surface area contributed by atoms with Crippen molar-refractivity contribution in [2.45, 2.75) is 38.3 Å². The van der Waals surface area contributed by atoms with Crippen molar-refractivity contribution in [3.05, 3.63) is 48.3 Å². The van der Waals surface area contributed by atoms with E-state index in [0.29, 0.717) is 6.54 Å². The van der Waals surface area contributed by atoms with Crippen LogP contribution >= 0.6 is 0 Å². The molecule has 0 spiro atoms. The van der Waals surface area contributed by atoms with Gasteiger partial charge in [-0.05, 0) is 63.5 Å². The van der Waals surface area contributed by atoms with Gasteiger partial charge in [0.1, 0.15) is 5.82 Å². The Morgan fingerprint density at radius 1 is 1.21 bits per heavy atom. The van der Waals surface area contributed by atoms with E-state index in [2.05, 4.69) is 36.7 Å². The standard InChI is InChI=1S/C22H32N6O/c1-26-14-8-22(21(29)25-11-6-18-4-9-23-10-5-18)7-3-13-28(19(22)16-26)17-20-24-12-15-27(20)2/h4-5,9-10,12,15,19H,3,6-8,11,13-14,16-17H2,1-2H3,(H,25,29)/t19-,22+/m0/s1. The minimum absolute atomic E-state index is 0.229. The number of fused-ring (bicyclic) bond motifs is 1. The molecule has 1 amide bonds. The zero-order valence-corrected chi connectivity index (χ0v) is 17.5. The number of amides is 1. The third-order valence-corrected chi connectivity index (χ3v) is 6.74. The molecule has 4 rings (SSSR count). The van der Waals surface area contributed by atoms with Crippen LogP contribution in [0.2, 0.25) is 0 Å². The lowest BCUT2D eigenvalue weighted by atomic mass is 9.67. The molecular weight excluding hydrogens is 364 g/mol. The zero-order valence-electron chi connectivity index (χ0n) is 17.5. The minimum atomic E-state index is -0.297. The molecule has 0 aromatic carbocycles. The van der Waals surface area contributed by atoms with Crippen molar-refractivity contribution in [2.75, 3.05) is 33.2 Å². The summed E-state index contributed by atoms with van der Waals surface area (Å²) in [4.78, 5) is 26.9. The Morgan fingerprint density at radius 3 is 2.79 bits per heavy atom. The molecule has 0 bridgehead atoms. The van der Waals surface area contributed by atoms with Crippen LogP contribution in [0.15, 0.2) is 36.9 Å². The van der Waals surface area contributed by atoms with Gasteiger partial charge < -0.3 is 14.8 Å². The van der Waals surface area contributed by atoms with E-state index < -0.39 is 0 Å². The quantitative estimate of drug-likeness (QED) is 0.801. The molecule has 2 aliphatic rings. The van der Waals surface area contributed by atoms with Crippen molar-refractivity contribution >= 4 is 5.91 Å². The van der Waals surface area contributed by atoms with Crippen molar-refractivity contribution in [1.82, 2.24) is 29.7 Å². The predicted molar refractivity (Wildman–Crippen MR) is 112 cm³/mol. The van der Waals surface area contributed by atoms with Crippen molar-refractivity contribution in [3.8, 4) is 0 Å². The van der Waals surface area contributed by atoms with E-state index in [4.69, 9.17) is 0 Å². The van der Waals surface area contributed by atoms with Crippen LogP contribution in [0.25, 0.3) is 0 Å². The van der Waals surface area contributed by atoms with Gasteiger partial charge in [0, 0.05) is 51.0 Å². The molecule has 29 heavy (non-hydrogen) atoms. The number of pyridine rings is 1. The van der Waals surface area contributed by atoms with Crippen LogP contribution in [-0.4, -0.2) is 69.5 Å². The number of piperidine rings is 2. The largest absolute Gasteiger partial charge is 0.355 e. The molecule has 0 saturated carbocycles. The highest BCUT2D eigenvalue weighted by Crippen LogP contribution is 2.43. The monoisotopic (exact) mass is 396 g/mol. The SMILES string of the molecule is CN1CC[C@]2(C(=O)NCCc3ccncc3)CCCN(Cc3nccn3C)[C@H]2C1. The van der Waals surface area contributed by atoms with Crippen LogP contribution in [0.4, 0.5) is 0 Å². The fourth-order valence-corrected chi connectivity index (χ4v) is 4.97. The number of nitrogens with zero attached hydrogens (tertiary/aromatic N) is 5. The highest BCUT2D eigenvalue weighted by atomic mass is 16.2. The van der Waals surface area contributed by atoms with E-state index in [-0.39, 0.29) is 17.4 Å². The van der Waals surface area contributed by atoms with Gasteiger partial charge in [-0.3, -0.25) is 14.7 Å². The van der Waals surface area contributed by atoms with Gasteiger partial charge in [0.25, 0.3) is 0 Å². The van der Waals surface area contributed by atoms with Crippen molar-refractivity contribution in [3.63, 3.8) is 0 Å². The van der Waals surface area contributed by atoms with Gasteiger partial charge >= 0.3 is 0 Å². The van der Waals surface area contributed by atoms with Crippen LogP contribution in [0.1, 0.15) is 30.7 Å². The Labute approximate surface area is 173 Å². The maximum absolute atomic E-state index is 13.5. The number of likely N-dealkylation sites (tertiary alicyclic amines) is 2. The molecule has 0 aliphatic carbocycles. The molecule has 4 heterocycles. The number of imidazole rings is 1. The van der Waals surface area contributed by atoms with Crippen LogP contribution in [0.3, 0.4) is 0 Å². The summed E-state index contributed by atoms with van der Waals surface area (Å²) in [6.45, 7) is 4.41. The number of likely N-dealkylation sites (N-methyl/N-ethyl adjacent to an activating group) is 1. The smallest absolute Gasteiger partial charge is 0.227 e. The Hall–Kier alpha value is -2.25. The molecule has 7 heteroatoms. The normalized spacial score (nSPS) is 25.5. The molecule has 7 nitrogen and oxygen atoms in total. The third kappa shape index (κ3) is 4.21. The Balaban J connectivity index is 1.47. The molecule has 2 aromatic rings. The van der Waals surface area contributed by atoms with Gasteiger partial charge in [-0.1, -0.05) is 0 Å². The number of aryl methyl sites for hydroxylation is 1. The van der Waals surface area contributed by atoms with Gasteiger partial charge in [0.05, 0.1) is 12.0 Å². The van der Waals surface area contributed by atoms with Gasteiger partial charge in [-0.25, -0.2) is 4.98 Å². The summed E-state index contributed by atoms with van der Waals surface area (Å²) in [6.07, 6.45) is 11.2. The minimum Gasteiger partial charge on any atom is -0.355 e. The van der Waals surface area contributed by atoms with Gasteiger partial charge in [0.2, 0.25) is 5.91 Å². The highest BCUT2D eigenvalue weighted by Gasteiger charge is 2.52. The predicted octanol–water partition coefficient (Wildman–Crippen LogP) is 1.46. The molecule has 2 aromatic heterocycles. The summed E-state index contributed by atoms with van der Waals surface area (Å²) in [5.74, 6) is 1.29. The zero-order chi connectivity index (χ0) is 20.3. The lowest BCUT2D eigenvalue weighted by molar-refractivity contribution is -0.145. The average Bonchev–Trinajstić information content (AvgIpc) is 3.14. The van der Waals surface area contributed by atoms with Crippen LogP contribution in [0.5, 0.6) is 0 Å².